The Morgan fingerprint density at radius 1 is 0.511 bits per heavy atom. The zero-order chi connectivity index (χ0) is 66.8. The van der Waals surface area contributed by atoms with Crippen LogP contribution >= 0.6 is 22.7 Å². The van der Waals surface area contributed by atoms with Crippen molar-refractivity contribution in [3.8, 4) is 29.1 Å². The van der Waals surface area contributed by atoms with Crippen LogP contribution in [-0.2, 0) is 30.2 Å². The van der Waals surface area contributed by atoms with Gasteiger partial charge < -0.3 is 13.1 Å². The first-order valence-corrected chi connectivity index (χ1v) is 34.5. The van der Waals surface area contributed by atoms with Crippen LogP contribution in [0.25, 0.3) is 53.6 Å². The highest BCUT2D eigenvalue weighted by Gasteiger charge is 2.83. The van der Waals surface area contributed by atoms with Gasteiger partial charge in [-0.1, -0.05) is 191 Å². The van der Waals surface area contributed by atoms with Crippen LogP contribution in [0.1, 0.15) is 53.7 Å². The van der Waals surface area contributed by atoms with Crippen LogP contribution in [0.4, 0.5) is 39.5 Å². The third kappa shape index (κ3) is 11.2. The quantitative estimate of drug-likeness (QED) is 0.0486. The molecule has 1 aliphatic carbocycles. The molecule has 7 aromatic carbocycles. The highest BCUT2D eigenvalue weighted by atomic mass is 32.3. The van der Waals surface area contributed by atoms with E-state index in [2.05, 4.69) is 20.8 Å². The minimum Gasteiger partial charge on any atom is -0.378 e. The summed E-state index contributed by atoms with van der Waals surface area (Å²) < 4.78 is 216. The van der Waals surface area contributed by atoms with Crippen molar-refractivity contribution in [1.29, 1.82) is 10.5 Å². The molecule has 4 heterocycles. The van der Waals surface area contributed by atoms with Gasteiger partial charge in [0, 0.05) is 22.2 Å². The van der Waals surface area contributed by atoms with E-state index in [-0.39, 0.29) is 49.0 Å². The monoisotopic (exact) mass is 1380 g/mol. The Bertz CT molecular complexity index is 5080. The molecule has 0 atom stereocenters. The molecular formula is C64H44B2F9N7O7S5. The molecule has 0 spiro atoms. The molecule has 11 aromatic rings. The minimum atomic E-state index is -8.09. The van der Waals surface area contributed by atoms with Gasteiger partial charge in [0.1, 0.15) is 39.0 Å². The predicted octanol–water partition coefficient (Wildman–Crippen LogP) is 10.4. The molecule has 1 N–H and O–H groups in total. The molecule has 0 radical (unpaired) electrons. The Morgan fingerprint density at radius 2 is 0.915 bits per heavy atom. The Balaban J connectivity index is 1.25. The highest BCUT2D eigenvalue weighted by molar-refractivity contribution is 8.05. The summed E-state index contributed by atoms with van der Waals surface area (Å²) in [5.74, 6) is -9.41. The highest BCUT2D eigenvalue weighted by Crippen LogP contribution is 2.52. The van der Waals surface area contributed by atoms with Gasteiger partial charge in [-0.25, -0.2) is 26.8 Å². The number of halogens is 9. The summed E-state index contributed by atoms with van der Waals surface area (Å²) in [6.07, 6.45) is 3.59. The van der Waals surface area contributed by atoms with Crippen LogP contribution in [0.5, 0.6) is 5.75 Å². The van der Waals surface area contributed by atoms with Crippen molar-refractivity contribution in [2.24, 2.45) is 0 Å². The van der Waals surface area contributed by atoms with Crippen molar-refractivity contribution < 1.29 is 69.0 Å². The van der Waals surface area contributed by atoms with Crippen molar-refractivity contribution in [2.45, 2.75) is 60.0 Å². The average molecular weight is 1380 g/mol. The van der Waals surface area contributed by atoms with E-state index in [1.165, 1.54) is 22.7 Å². The first-order chi connectivity index (χ1) is 44.7. The number of hydrogen-bond donors (Lipinski definition) is 1. The van der Waals surface area contributed by atoms with Crippen LogP contribution in [0.2, 0.25) is 0 Å². The molecule has 0 amide bonds. The number of aromatic nitrogens is 4. The average Bonchev–Trinajstić information content (AvgIpc) is 1.49. The second-order valence-electron chi connectivity index (χ2n) is 21.9. The zero-order valence-corrected chi connectivity index (χ0v) is 52.3. The second-order valence-corrected chi connectivity index (χ2v) is 29.2. The molecule has 4 aromatic heterocycles. The van der Waals surface area contributed by atoms with Crippen LogP contribution < -0.4 is 40.9 Å². The van der Waals surface area contributed by atoms with Crippen LogP contribution in [0.15, 0.2) is 194 Å². The van der Waals surface area contributed by atoms with E-state index in [1.807, 2.05) is 114 Å². The molecule has 30 heteroatoms. The molecule has 0 unspecified atom stereocenters. The van der Waals surface area contributed by atoms with Gasteiger partial charge in [0.05, 0.1) is 31.1 Å². The van der Waals surface area contributed by atoms with Crippen LogP contribution in [-0.4, -0.2) is 79.8 Å². The van der Waals surface area contributed by atoms with Crippen molar-refractivity contribution in [2.75, 3.05) is 0 Å². The number of nitriles is 2. The Labute approximate surface area is 539 Å². The number of fused-ring (bicyclic) bond motifs is 3. The lowest BCUT2D eigenvalue weighted by atomic mass is 9.49. The molecule has 1 fully saturated rings. The van der Waals surface area contributed by atoms with E-state index >= 15 is 26.3 Å². The van der Waals surface area contributed by atoms with E-state index in [9.17, 15) is 48.9 Å². The van der Waals surface area contributed by atoms with E-state index in [4.69, 9.17) is 9.97 Å². The van der Waals surface area contributed by atoms with Gasteiger partial charge in [0.15, 0.2) is 0 Å². The fraction of sp³-hybridized carbons (Fsp3) is 0.156. The van der Waals surface area contributed by atoms with Gasteiger partial charge in [-0.2, -0.15) is 58.5 Å². The Morgan fingerprint density at radius 3 is 1.33 bits per heavy atom. The van der Waals surface area contributed by atoms with Gasteiger partial charge >= 0.3 is 55.8 Å². The summed E-state index contributed by atoms with van der Waals surface area (Å²) in [5, 5.41) is 11.2. The largest absolute Gasteiger partial charge is 0.512 e. The maximum atomic E-state index is 15.8. The van der Waals surface area contributed by atoms with E-state index in [0.29, 0.717) is 72.8 Å². The summed E-state index contributed by atoms with van der Waals surface area (Å²) in [6.45, 7) is -1.77. The van der Waals surface area contributed by atoms with Gasteiger partial charge in [-0.05, 0) is 72.9 Å². The summed E-state index contributed by atoms with van der Waals surface area (Å²) in [7, 11) is -23.2. The van der Waals surface area contributed by atoms with Gasteiger partial charge in [-0.3, -0.25) is 0 Å². The number of alkyl halides is 9. The van der Waals surface area contributed by atoms with Crippen molar-refractivity contribution >= 4 is 131 Å². The number of benzene rings is 7. The molecule has 14 nitrogen and oxygen atoms in total. The fourth-order valence-electron chi connectivity index (χ4n) is 12.0. The van der Waals surface area contributed by atoms with E-state index < -0.39 is 75.7 Å². The third-order valence-corrected chi connectivity index (χ3v) is 22.8. The van der Waals surface area contributed by atoms with E-state index in [1.54, 1.807) is 60.7 Å². The third-order valence-electron chi connectivity index (χ3n) is 16.1. The number of para-hydroxylation sites is 2. The molecule has 476 valence electrons. The van der Waals surface area contributed by atoms with Crippen LogP contribution in [0, 0.1) is 22.7 Å². The summed E-state index contributed by atoms with van der Waals surface area (Å²) >= 11 is 2.46. The number of rotatable bonds is 18. The number of hydrogen-bond acceptors (Lipinski definition) is 13. The molecule has 0 aliphatic heterocycles. The first-order valence-electron chi connectivity index (χ1n) is 28.5. The maximum absolute atomic E-state index is 15.8. The topological polar surface area (TPSA) is 207 Å². The molecule has 0 saturated heterocycles. The summed E-state index contributed by atoms with van der Waals surface area (Å²) in [6, 6.07) is 60.2. The van der Waals surface area contributed by atoms with Crippen molar-refractivity contribution in [3.63, 3.8) is 0 Å². The molecule has 1 aliphatic rings. The minimum absolute atomic E-state index is 0.0253. The Kier molecular flexibility index (Phi) is 17.1. The lowest BCUT2D eigenvalue weighted by Crippen LogP contribution is -2.64. The van der Waals surface area contributed by atoms with Gasteiger partial charge in [-0.15, -0.1) is 22.7 Å². The van der Waals surface area contributed by atoms with E-state index in [0.717, 1.165) is 42.3 Å². The second kappa shape index (κ2) is 24.7. The number of thiazole rings is 2. The Hall–Kier alpha value is -9.03. The number of nitrogens with zero attached hydrogens (tertiary/aromatic N) is 6. The smallest absolute Gasteiger partial charge is 0.378 e. The fourth-order valence-corrected chi connectivity index (χ4v) is 17.3. The molecule has 94 heavy (non-hydrogen) atoms. The molecule has 12 rings (SSSR count). The summed E-state index contributed by atoms with van der Waals surface area (Å²) in [4.78, 5) is 10.2. The number of nitrogens with one attached hydrogen (secondary N) is 1. The zero-order valence-electron chi connectivity index (χ0n) is 48.2. The van der Waals surface area contributed by atoms with Crippen molar-refractivity contribution in [3.05, 3.63) is 221 Å². The predicted molar refractivity (Wildman–Crippen MR) is 344 cm³/mol. The maximum Gasteiger partial charge on any atom is 0.512 e. The number of sulfonamides is 2. The normalized spacial score (nSPS) is 14.6. The lowest BCUT2D eigenvalue weighted by molar-refractivity contribution is -0.245. The molecule has 0 bridgehead atoms. The van der Waals surface area contributed by atoms with Crippen molar-refractivity contribution in [1.82, 2.24) is 23.1 Å². The lowest BCUT2D eigenvalue weighted by Gasteiger charge is -2.31. The molecular weight excluding hydrogens is 1330 g/mol. The summed E-state index contributed by atoms with van der Waals surface area (Å²) in [5.41, 5.74) is -1.97. The van der Waals surface area contributed by atoms with Gasteiger partial charge in [0.25, 0.3) is 10.0 Å². The molecule has 1 saturated carbocycles. The SMILES string of the molecule is N#C/C(c1nc2ccccc2s1)=c1\c2c(C3CCCCC3)n(B(c3ccccc3)c3ccccc3)/c(=C(/C#N)c3nc4ccccc4s3)c2c(-c2ccc(OS(=O)(=O)C(F)(F)C(F)(F)C(F)(F)S(=O)(=O)NS(=O)(=O)C(F)(F)F)cc2)n1B(c1ccccc1)c1ccccc1. The van der Waals surface area contributed by atoms with Crippen LogP contribution in [0.3, 0.4) is 0 Å². The standard InChI is InChI=1S/C64H44B2F9N7O7S5/c67-61(68,62(69,70)92(83,84)80-93(85,86)64(73,74)75)63(71,72)94(87,88)89-46-36-34-41(35-37-46)56-54-53(57(47(38-76)59-78-49-30-16-18-32-51(49)90-59)82(56)66(44-26-12-4-13-27-44)45-28-14-5-15-29-45)55(40-20-6-1-7-21-40)81(65(42-22-8-2-9-23-42)43-24-10-3-11-25-43)58(54)48(39-77)60-79-50-31-17-19-33-52(50)91-60/h2-5,8-19,22-37,40,80H,1,6-7,20-21H2/b57-47-,58-48-. The van der Waals surface area contributed by atoms with Gasteiger partial charge in [0.2, 0.25) is 0 Å². The first kappa shape index (κ1) is 65.0.